The van der Waals surface area contributed by atoms with Crippen LogP contribution in [0, 0.1) is 17.0 Å². The van der Waals surface area contributed by atoms with Crippen molar-refractivity contribution in [2.75, 3.05) is 6.61 Å². The lowest BCUT2D eigenvalue weighted by Gasteiger charge is -2.13. The number of aryl methyl sites for hydroxylation is 1. The van der Waals surface area contributed by atoms with Crippen molar-refractivity contribution in [1.29, 1.82) is 0 Å². The van der Waals surface area contributed by atoms with Gasteiger partial charge in [0.2, 0.25) is 5.90 Å². The molecule has 0 saturated heterocycles. The fourth-order valence-electron chi connectivity index (χ4n) is 3.35. The van der Waals surface area contributed by atoms with Gasteiger partial charge in [0.15, 0.2) is 17.2 Å². The lowest BCUT2D eigenvalue weighted by atomic mass is 10.1. The number of benzene rings is 3. The number of carbonyl (C=O) groups excluding carboxylic acids is 2. The Labute approximate surface area is 224 Å². The molecule has 0 fully saturated rings. The van der Waals surface area contributed by atoms with Gasteiger partial charge in [-0.3, -0.25) is 10.1 Å². The molecule has 3 aromatic carbocycles. The topological polar surface area (TPSA) is 117 Å². The summed E-state index contributed by atoms with van der Waals surface area (Å²) in [7, 11) is 0. The van der Waals surface area contributed by atoms with E-state index in [1.165, 1.54) is 24.3 Å². The van der Waals surface area contributed by atoms with E-state index >= 15 is 0 Å². The highest BCUT2D eigenvalue weighted by Crippen LogP contribution is 2.38. The molecule has 0 unspecified atom stereocenters. The summed E-state index contributed by atoms with van der Waals surface area (Å²) in [6.07, 6.45) is 1.44. The summed E-state index contributed by atoms with van der Waals surface area (Å²) in [6.45, 7) is 3.98. The third-order valence-corrected chi connectivity index (χ3v) is 6.05. The summed E-state index contributed by atoms with van der Waals surface area (Å²) in [6, 6.07) is 13.9. The van der Waals surface area contributed by atoms with Gasteiger partial charge in [-0.1, -0.05) is 29.3 Å². The van der Waals surface area contributed by atoms with Crippen LogP contribution in [0.25, 0.3) is 6.08 Å². The molecule has 188 valence electrons. The first-order chi connectivity index (χ1) is 17.7. The number of nitro benzene ring substituents is 1. The van der Waals surface area contributed by atoms with Crippen LogP contribution in [0.1, 0.15) is 34.0 Å². The van der Waals surface area contributed by atoms with Gasteiger partial charge >= 0.3 is 11.9 Å². The molecule has 0 radical (unpaired) electrons. The average molecular weight is 586 g/mol. The van der Waals surface area contributed by atoms with Crippen molar-refractivity contribution in [3.05, 3.63) is 102 Å². The highest BCUT2D eigenvalue weighted by atomic mass is 79.9. The van der Waals surface area contributed by atoms with Gasteiger partial charge in [-0.05, 0) is 71.7 Å². The van der Waals surface area contributed by atoms with Gasteiger partial charge in [0.25, 0.3) is 5.69 Å². The Morgan fingerprint density at radius 2 is 1.92 bits per heavy atom. The van der Waals surface area contributed by atoms with E-state index in [1.807, 2.05) is 6.92 Å². The van der Waals surface area contributed by atoms with Gasteiger partial charge in [0.1, 0.15) is 0 Å². The van der Waals surface area contributed by atoms with Crippen LogP contribution in [0.5, 0.6) is 11.5 Å². The predicted octanol–water partition coefficient (Wildman–Crippen LogP) is 6.28. The quantitative estimate of drug-likeness (QED) is 0.105. The Kier molecular flexibility index (Phi) is 7.70. The molecule has 3 aromatic rings. The first-order valence-corrected chi connectivity index (χ1v) is 12.1. The number of aliphatic imine (C=N–C) groups is 1. The number of halogens is 2. The number of nitro groups is 1. The normalized spacial score (nSPS) is 13.8. The SMILES string of the molecule is CCOc1cc(/C=C2\N=C(c3cc([N+](=O)[O-])ccc3Cl)OC2=O)cc(Br)c1OC(=O)c1ccc(C)cc1. The van der Waals surface area contributed by atoms with Crippen molar-refractivity contribution in [3.63, 3.8) is 0 Å². The maximum atomic E-state index is 12.7. The van der Waals surface area contributed by atoms with Crippen molar-refractivity contribution in [3.8, 4) is 11.5 Å². The molecule has 1 heterocycles. The van der Waals surface area contributed by atoms with E-state index in [4.69, 9.17) is 25.8 Å². The summed E-state index contributed by atoms with van der Waals surface area (Å²) < 4.78 is 16.9. The molecule has 0 aromatic heterocycles. The van der Waals surface area contributed by atoms with Gasteiger partial charge in [0, 0.05) is 12.1 Å². The van der Waals surface area contributed by atoms with Crippen molar-refractivity contribution >= 4 is 57.1 Å². The third-order valence-electron chi connectivity index (χ3n) is 5.13. The Balaban J connectivity index is 1.66. The van der Waals surface area contributed by atoms with Crippen molar-refractivity contribution in [2.45, 2.75) is 13.8 Å². The van der Waals surface area contributed by atoms with E-state index < -0.39 is 16.9 Å². The first kappa shape index (κ1) is 26.1. The fraction of sp³-hybridized carbons (Fsp3) is 0.115. The number of carbonyl (C=O) groups is 2. The van der Waals surface area contributed by atoms with Crippen LogP contribution >= 0.6 is 27.5 Å². The van der Waals surface area contributed by atoms with Gasteiger partial charge in [0.05, 0.1) is 32.2 Å². The minimum Gasteiger partial charge on any atom is -0.490 e. The summed E-state index contributed by atoms with van der Waals surface area (Å²) in [4.78, 5) is 39.8. The molecular weight excluding hydrogens is 568 g/mol. The molecular formula is C26H18BrClN2O7. The zero-order chi connectivity index (χ0) is 26.7. The Morgan fingerprint density at radius 1 is 1.19 bits per heavy atom. The number of hydrogen-bond donors (Lipinski definition) is 0. The van der Waals surface area contributed by atoms with E-state index in [0.29, 0.717) is 15.6 Å². The first-order valence-electron chi connectivity index (χ1n) is 10.9. The molecule has 0 bridgehead atoms. The van der Waals surface area contributed by atoms with E-state index in [9.17, 15) is 19.7 Å². The maximum absolute atomic E-state index is 12.7. The second-order valence-electron chi connectivity index (χ2n) is 7.78. The average Bonchev–Trinajstić information content (AvgIpc) is 3.21. The Hall–Kier alpha value is -4.02. The van der Waals surface area contributed by atoms with Crippen LogP contribution in [-0.4, -0.2) is 29.4 Å². The molecule has 11 heteroatoms. The van der Waals surface area contributed by atoms with Gasteiger partial charge < -0.3 is 14.2 Å². The largest absolute Gasteiger partial charge is 0.490 e. The third kappa shape index (κ3) is 5.87. The monoisotopic (exact) mass is 584 g/mol. The summed E-state index contributed by atoms with van der Waals surface area (Å²) in [5, 5.41) is 11.2. The second-order valence-corrected chi connectivity index (χ2v) is 9.04. The van der Waals surface area contributed by atoms with Crippen LogP contribution in [-0.2, 0) is 9.53 Å². The number of non-ortho nitro benzene ring substituents is 1. The van der Waals surface area contributed by atoms with Gasteiger partial charge in [-0.15, -0.1) is 0 Å². The Morgan fingerprint density at radius 3 is 2.59 bits per heavy atom. The molecule has 1 aliphatic heterocycles. The minimum absolute atomic E-state index is 0.0590. The zero-order valence-electron chi connectivity index (χ0n) is 19.5. The van der Waals surface area contributed by atoms with Crippen molar-refractivity contribution in [2.24, 2.45) is 4.99 Å². The van der Waals surface area contributed by atoms with E-state index in [2.05, 4.69) is 20.9 Å². The molecule has 0 saturated carbocycles. The van der Waals surface area contributed by atoms with E-state index in [-0.39, 0.29) is 46.0 Å². The van der Waals surface area contributed by atoms with Crippen LogP contribution < -0.4 is 9.47 Å². The number of rotatable bonds is 7. The number of cyclic esters (lactones) is 1. The number of nitrogens with zero attached hydrogens (tertiary/aromatic N) is 2. The highest BCUT2D eigenvalue weighted by Gasteiger charge is 2.27. The lowest BCUT2D eigenvalue weighted by Crippen LogP contribution is -2.10. The van der Waals surface area contributed by atoms with Crippen LogP contribution in [0.4, 0.5) is 5.69 Å². The molecule has 37 heavy (non-hydrogen) atoms. The minimum atomic E-state index is -0.762. The smallest absolute Gasteiger partial charge is 0.363 e. The summed E-state index contributed by atoms with van der Waals surface area (Å²) in [5.41, 5.74) is 1.71. The molecule has 0 aliphatic carbocycles. The molecule has 0 spiro atoms. The van der Waals surface area contributed by atoms with Crippen molar-refractivity contribution < 1.29 is 28.7 Å². The Bertz CT molecular complexity index is 1480. The van der Waals surface area contributed by atoms with E-state index in [1.54, 1.807) is 43.3 Å². The number of hydrogen-bond acceptors (Lipinski definition) is 8. The van der Waals surface area contributed by atoms with Gasteiger partial charge in [-0.2, -0.15) is 0 Å². The highest BCUT2D eigenvalue weighted by molar-refractivity contribution is 9.10. The van der Waals surface area contributed by atoms with Crippen LogP contribution in [0.15, 0.2) is 69.8 Å². The molecule has 4 rings (SSSR count). The lowest BCUT2D eigenvalue weighted by molar-refractivity contribution is -0.384. The number of esters is 2. The molecule has 0 atom stereocenters. The zero-order valence-corrected chi connectivity index (χ0v) is 21.8. The molecule has 9 nitrogen and oxygen atoms in total. The number of ether oxygens (including phenoxy) is 3. The molecule has 0 amide bonds. The predicted molar refractivity (Wildman–Crippen MR) is 140 cm³/mol. The van der Waals surface area contributed by atoms with E-state index in [0.717, 1.165) is 5.56 Å². The van der Waals surface area contributed by atoms with Crippen LogP contribution in [0.3, 0.4) is 0 Å². The summed E-state index contributed by atoms with van der Waals surface area (Å²) >= 11 is 9.55. The fourth-order valence-corrected chi connectivity index (χ4v) is 4.09. The standard InChI is InChI=1S/C26H18BrClN2O7/c1-3-35-22-12-15(10-19(27)23(22)36-25(31)16-6-4-14(2)5-7-16)11-21-26(32)37-24(29-21)18-13-17(30(33)34)8-9-20(18)28/h4-13H,3H2,1-2H3/b21-11-. The van der Waals surface area contributed by atoms with Gasteiger partial charge in [-0.25, -0.2) is 14.6 Å². The second kappa shape index (κ2) is 10.9. The molecule has 1 aliphatic rings. The van der Waals surface area contributed by atoms with Crippen LogP contribution in [0.2, 0.25) is 5.02 Å². The summed E-state index contributed by atoms with van der Waals surface area (Å²) in [5.74, 6) is -1.04. The van der Waals surface area contributed by atoms with Crippen molar-refractivity contribution in [1.82, 2.24) is 0 Å². The maximum Gasteiger partial charge on any atom is 0.363 e. The molecule has 0 N–H and O–H groups in total.